The van der Waals surface area contributed by atoms with Crippen molar-refractivity contribution < 1.29 is 0 Å². The summed E-state index contributed by atoms with van der Waals surface area (Å²) in [4.78, 5) is 10.6. The lowest BCUT2D eigenvalue weighted by Gasteiger charge is -2.15. The van der Waals surface area contributed by atoms with Crippen molar-refractivity contribution in [1.29, 1.82) is 0 Å². The normalized spacial score (nSPS) is 12.4. The zero-order chi connectivity index (χ0) is 13.8. The van der Waals surface area contributed by atoms with Crippen LogP contribution in [0.15, 0.2) is 30.7 Å². The Hall–Kier alpha value is -1.88. The number of nitrogens with one attached hydrogen (secondary N) is 1. The van der Waals surface area contributed by atoms with E-state index in [1.54, 1.807) is 6.20 Å². The third-order valence-electron chi connectivity index (χ3n) is 3.23. The summed E-state index contributed by atoms with van der Waals surface area (Å²) in [6.45, 7) is 2.92. The molecule has 1 atom stereocenters. The van der Waals surface area contributed by atoms with E-state index in [1.165, 1.54) is 11.3 Å². The molecule has 19 heavy (non-hydrogen) atoms. The maximum Gasteiger partial charge on any atom is 0.204 e. The van der Waals surface area contributed by atoms with Crippen molar-refractivity contribution in [2.24, 2.45) is 7.05 Å². The van der Waals surface area contributed by atoms with Crippen molar-refractivity contribution in [1.82, 2.24) is 19.9 Å². The molecule has 0 aliphatic rings. The number of hydrogen-bond acceptors (Lipinski definition) is 4. The van der Waals surface area contributed by atoms with Crippen molar-refractivity contribution in [3.8, 4) is 0 Å². The van der Waals surface area contributed by atoms with Crippen LogP contribution in [0.4, 0.5) is 5.95 Å². The fraction of sp³-hybridized carbons (Fsp3) is 0.429. The summed E-state index contributed by atoms with van der Waals surface area (Å²) in [6.07, 6.45) is 5.60. The second kappa shape index (κ2) is 5.84. The topological polar surface area (TPSA) is 46.0 Å². The zero-order valence-corrected chi connectivity index (χ0v) is 12.0. The van der Waals surface area contributed by atoms with E-state index in [1.807, 2.05) is 44.5 Å². The predicted octanol–water partition coefficient (Wildman–Crippen LogP) is 1.73. The molecule has 2 aromatic heterocycles. The van der Waals surface area contributed by atoms with Gasteiger partial charge in [0.05, 0.1) is 11.9 Å². The molecular weight excluding hydrogens is 238 g/mol. The molecule has 2 aromatic rings. The third-order valence-corrected chi connectivity index (χ3v) is 3.23. The van der Waals surface area contributed by atoms with Gasteiger partial charge in [0.2, 0.25) is 5.95 Å². The lowest BCUT2D eigenvalue weighted by Crippen LogP contribution is -2.21. The molecule has 102 valence electrons. The Morgan fingerprint density at radius 3 is 2.74 bits per heavy atom. The Balaban J connectivity index is 1.99. The Morgan fingerprint density at radius 1 is 1.37 bits per heavy atom. The van der Waals surface area contributed by atoms with E-state index >= 15 is 0 Å². The molecule has 0 aromatic carbocycles. The molecule has 0 spiro atoms. The molecule has 0 amide bonds. The zero-order valence-electron chi connectivity index (χ0n) is 12.0. The van der Waals surface area contributed by atoms with Gasteiger partial charge in [0.1, 0.15) is 0 Å². The van der Waals surface area contributed by atoms with Gasteiger partial charge in [0, 0.05) is 46.1 Å². The molecule has 0 aliphatic carbocycles. The smallest absolute Gasteiger partial charge is 0.204 e. The Kier molecular flexibility index (Phi) is 4.16. The molecule has 0 saturated heterocycles. The standard InChI is InChI=1S/C14H21N5/c1-11(12-6-5-7-15-8-12)16-9-13-10-17-14(18(2)3)19(13)4/h5-8,10-11,16H,9H2,1-4H3. The first-order valence-electron chi connectivity index (χ1n) is 6.41. The lowest BCUT2D eigenvalue weighted by molar-refractivity contribution is 0.556. The minimum absolute atomic E-state index is 0.270. The fourth-order valence-electron chi connectivity index (χ4n) is 2.02. The molecule has 0 radical (unpaired) electrons. The van der Waals surface area contributed by atoms with Crippen LogP contribution in [0, 0.1) is 0 Å². The van der Waals surface area contributed by atoms with Gasteiger partial charge >= 0.3 is 0 Å². The second-order valence-electron chi connectivity index (χ2n) is 4.89. The molecule has 0 bridgehead atoms. The highest BCUT2D eigenvalue weighted by molar-refractivity contribution is 5.31. The van der Waals surface area contributed by atoms with E-state index in [4.69, 9.17) is 0 Å². The maximum atomic E-state index is 4.40. The highest BCUT2D eigenvalue weighted by Gasteiger charge is 2.10. The Bertz CT molecular complexity index is 518. The molecule has 0 aliphatic heterocycles. The van der Waals surface area contributed by atoms with Gasteiger partial charge in [0.25, 0.3) is 0 Å². The van der Waals surface area contributed by atoms with Gasteiger partial charge in [0.15, 0.2) is 0 Å². The van der Waals surface area contributed by atoms with E-state index in [0.29, 0.717) is 0 Å². The number of pyridine rings is 1. The minimum atomic E-state index is 0.270. The first-order chi connectivity index (χ1) is 9.09. The van der Waals surface area contributed by atoms with E-state index in [9.17, 15) is 0 Å². The summed E-state index contributed by atoms with van der Waals surface area (Å²) in [5.74, 6) is 0.964. The third kappa shape index (κ3) is 3.12. The molecule has 1 unspecified atom stereocenters. The molecule has 5 heteroatoms. The van der Waals surface area contributed by atoms with Crippen molar-refractivity contribution in [2.45, 2.75) is 19.5 Å². The number of hydrogen-bond donors (Lipinski definition) is 1. The van der Waals surface area contributed by atoms with Crippen LogP contribution in [0.1, 0.15) is 24.2 Å². The maximum absolute atomic E-state index is 4.40. The molecule has 0 saturated carbocycles. The van der Waals surface area contributed by atoms with E-state index < -0.39 is 0 Å². The van der Waals surface area contributed by atoms with Crippen LogP contribution in [-0.4, -0.2) is 28.6 Å². The summed E-state index contributed by atoms with van der Waals surface area (Å²) in [7, 11) is 6.03. The summed E-state index contributed by atoms with van der Waals surface area (Å²) in [5, 5.41) is 3.49. The van der Waals surface area contributed by atoms with Crippen LogP contribution in [0.3, 0.4) is 0 Å². The van der Waals surface area contributed by atoms with Crippen LogP contribution in [0.25, 0.3) is 0 Å². The van der Waals surface area contributed by atoms with Crippen molar-refractivity contribution in [2.75, 3.05) is 19.0 Å². The minimum Gasteiger partial charge on any atom is -0.348 e. The van der Waals surface area contributed by atoms with Gasteiger partial charge in [-0.15, -0.1) is 0 Å². The van der Waals surface area contributed by atoms with Gasteiger partial charge in [-0.25, -0.2) is 4.98 Å². The second-order valence-corrected chi connectivity index (χ2v) is 4.89. The van der Waals surface area contributed by atoms with Gasteiger partial charge in [-0.2, -0.15) is 0 Å². The van der Waals surface area contributed by atoms with E-state index in [0.717, 1.165) is 12.5 Å². The van der Waals surface area contributed by atoms with Crippen LogP contribution >= 0.6 is 0 Å². The van der Waals surface area contributed by atoms with Crippen molar-refractivity contribution in [3.05, 3.63) is 42.0 Å². The molecule has 1 N–H and O–H groups in total. The van der Waals surface area contributed by atoms with Crippen molar-refractivity contribution in [3.63, 3.8) is 0 Å². The molecule has 0 fully saturated rings. The average Bonchev–Trinajstić information content (AvgIpc) is 2.78. The van der Waals surface area contributed by atoms with Gasteiger partial charge in [-0.1, -0.05) is 6.07 Å². The number of imidazole rings is 1. The summed E-state index contributed by atoms with van der Waals surface area (Å²) >= 11 is 0. The molecular formula is C14H21N5. The quantitative estimate of drug-likeness (QED) is 0.888. The fourth-order valence-corrected chi connectivity index (χ4v) is 2.02. The Labute approximate surface area is 114 Å². The molecule has 2 rings (SSSR count). The highest BCUT2D eigenvalue weighted by atomic mass is 15.3. The van der Waals surface area contributed by atoms with Crippen LogP contribution in [-0.2, 0) is 13.6 Å². The monoisotopic (exact) mass is 259 g/mol. The first-order valence-corrected chi connectivity index (χ1v) is 6.41. The summed E-state index contributed by atoms with van der Waals surface area (Å²) < 4.78 is 2.10. The first kappa shape index (κ1) is 13.5. The number of nitrogens with zero attached hydrogens (tertiary/aromatic N) is 4. The summed E-state index contributed by atoms with van der Waals surface area (Å²) in [6, 6.07) is 4.31. The largest absolute Gasteiger partial charge is 0.348 e. The van der Waals surface area contributed by atoms with E-state index in [2.05, 4.69) is 32.8 Å². The number of aromatic nitrogens is 3. The number of anilines is 1. The highest BCUT2D eigenvalue weighted by Crippen LogP contribution is 2.14. The lowest BCUT2D eigenvalue weighted by atomic mass is 10.1. The SMILES string of the molecule is CC(NCc1cnc(N(C)C)n1C)c1cccnc1. The van der Waals surface area contributed by atoms with Crippen LogP contribution in [0.5, 0.6) is 0 Å². The van der Waals surface area contributed by atoms with Gasteiger partial charge in [-0.05, 0) is 18.6 Å². The average molecular weight is 259 g/mol. The predicted molar refractivity (Wildman–Crippen MR) is 77.0 cm³/mol. The Morgan fingerprint density at radius 2 is 2.16 bits per heavy atom. The summed E-state index contributed by atoms with van der Waals surface area (Å²) in [5.41, 5.74) is 2.36. The van der Waals surface area contributed by atoms with Crippen LogP contribution in [0.2, 0.25) is 0 Å². The van der Waals surface area contributed by atoms with Gasteiger partial charge in [-0.3, -0.25) is 4.98 Å². The number of rotatable bonds is 5. The van der Waals surface area contributed by atoms with E-state index in [-0.39, 0.29) is 6.04 Å². The molecule has 5 nitrogen and oxygen atoms in total. The van der Waals surface area contributed by atoms with Crippen molar-refractivity contribution >= 4 is 5.95 Å². The van der Waals surface area contributed by atoms with Crippen LogP contribution < -0.4 is 10.2 Å². The molecule has 2 heterocycles. The van der Waals surface area contributed by atoms with Gasteiger partial charge < -0.3 is 14.8 Å².